The van der Waals surface area contributed by atoms with E-state index in [-0.39, 0.29) is 0 Å². The monoisotopic (exact) mass is 1050 g/mol. The van der Waals surface area contributed by atoms with E-state index in [9.17, 15) is 0 Å². The largest absolute Gasteiger partial charge is 0.354 e. The fraction of sp³-hybridized carbons (Fsp3) is 0. The number of fused-ring (bicyclic) bond motifs is 12. The first-order valence-corrected chi connectivity index (χ1v) is 27.8. The lowest BCUT2D eigenvalue weighted by Crippen LogP contribution is -1.87. The van der Waals surface area contributed by atoms with Crippen LogP contribution in [-0.2, 0) is 0 Å². The maximum atomic E-state index is 5.61. The Kier molecular flexibility index (Phi) is 10.1. The molecule has 6 aromatic carbocycles. The molecule has 6 N–H and O–H groups in total. The number of benzene rings is 6. The minimum atomic E-state index is 0.863. The third-order valence-corrected chi connectivity index (χ3v) is 16.6. The molecule has 0 saturated heterocycles. The molecule has 0 saturated carbocycles. The van der Waals surface area contributed by atoms with Crippen molar-refractivity contribution < 1.29 is 0 Å². The number of rotatable bonds is 6. The SMILES string of the molecule is C1=Cc2nc1c(-c1ccccc1)c1ccc([nH]1)c(-c1ccccc1)c1cc3c([nH]1)c1[nH]c(cc1=c1cc4[nH]c1c1[nH]c(cc1=3)c(-c1ccccc1)c1ccc([nH]1)c(-c1ccccc1)c1nc(c4-c3ccccc3)C=C1)c2-c1ccccc1. The van der Waals surface area contributed by atoms with Crippen molar-refractivity contribution in [2.24, 2.45) is 0 Å². The lowest BCUT2D eigenvalue weighted by atomic mass is 10.0. The van der Waals surface area contributed by atoms with Crippen molar-refractivity contribution in [2.45, 2.75) is 0 Å². The summed E-state index contributed by atoms with van der Waals surface area (Å²) in [4.78, 5) is 35.8. The van der Waals surface area contributed by atoms with E-state index in [1.165, 1.54) is 0 Å². The number of nitrogens with one attached hydrogen (secondary N) is 6. The fourth-order valence-electron chi connectivity index (χ4n) is 13.0. The summed E-state index contributed by atoms with van der Waals surface area (Å²) < 4.78 is 0. The van der Waals surface area contributed by atoms with E-state index in [1.807, 2.05) is 0 Å². The molecule has 8 nitrogen and oxygen atoms in total. The van der Waals surface area contributed by atoms with Crippen LogP contribution < -0.4 is 0 Å². The molecule has 2 aliphatic heterocycles. The molecule has 17 rings (SSSR count). The van der Waals surface area contributed by atoms with Gasteiger partial charge in [-0.05, 0) is 106 Å². The highest BCUT2D eigenvalue weighted by atomic mass is 14.8. The second kappa shape index (κ2) is 18.2. The third-order valence-electron chi connectivity index (χ3n) is 16.6. The van der Waals surface area contributed by atoms with Gasteiger partial charge < -0.3 is 29.9 Å². The summed E-state index contributed by atoms with van der Waals surface area (Å²) in [5.74, 6) is 0. The van der Waals surface area contributed by atoms with Gasteiger partial charge in [0, 0.05) is 98.4 Å². The van der Waals surface area contributed by atoms with Crippen LogP contribution in [0.1, 0.15) is 22.8 Å². The van der Waals surface area contributed by atoms with Crippen LogP contribution in [0.3, 0.4) is 0 Å². The van der Waals surface area contributed by atoms with E-state index in [4.69, 9.17) is 9.97 Å². The van der Waals surface area contributed by atoms with Gasteiger partial charge in [-0.1, -0.05) is 182 Å². The van der Waals surface area contributed by atoms with Crippen LogP contribution in [0.4, 0.5) is 0 Å². The Labute approximate surface area is 468 Å². The van der Waals surface area contributed by atoms with E-state index in [0.717, 1.165) is 177 Å². The molecule has 0 unspecified atom stereocenters. The van der Waals surface area contributed by atoms with Gasteiger partial charge in [0.05, 0.1) is 44.8 Å². The van der Waals surface area contributed by atoms with Crippen LogP contribution in [0.5, 0.6) is 0 Å². The maximum absolute atomic E-state index is 5.61. The van der Waals surface area contributed by atoms with Crippen molar-refractivity contribution in [3.05, 3.63) is 274 Å². The molecule has 1 aliphatic carbocycles. The number of hydrogen-bond donors (Lipinski definition) is 6. The van der Waals surface area contributed by atoms with Crippen molar-refractivity contribution in [1.29, 1.82) is 0 Å². The summed E-state index contributed by atoms with van der Waals surface area (Å²) in [5, 5.41) is 4.14. The number of aromatic nitrogens is 8. The molecule has 0 fully saturated rings. The molecule has 8 heteroatoms. The van der Waals surface area contributed by atoms with Crippen LogP contribution in [-0.4, -0.2) is 39.9 Å². The quantitative estimate of drug-likeness (QED) is 0.0994. The molecule has 0 spiro atoms. The predicted octanol–water partition coefficient (Wildman–Crippen LogP) is 18.6. The Bertz CT molecular complexity index is 5130. The summed E-state index contributed by atoms with van der Waals surface area (Å²) in [7, 11) is 0. The maximum Gasteiger partial charge on any atom is 0.0737 e. The first-order chi connectivity index (χ1) is 40.6. The molecule has 10 heterocycles. The molecule has 14 aromatic rings. The highest BCUT2D eigenvalue weighted by Crippen LogP contribution is 2.41. The van der Waals surface area contributed by atoms with Crippen molar-refractivity contribution in [1.82, 2.24) is 39.9 Å². The fourth-order valence-corrected chi connectivity index (χ4v) is 13.0. The van der Waals surface area contributed by atoms with Crippen LogP contribution in [0.15, 0.2) is 231 Å². The zero-order valence-electron chi connectivity index (χ0n) is 44.1. The van der Waals surface area contributed by atoms with E-state index >= 15 is 0 Å². The number of H-pyrrole nitrogens is 6. The Morgan fingerprint density at radius 2 is 0.402 bits per heavy atom. The van der Waals surface area contributed by atoms with Gasteiger partial charge in [-0.15, -0.1) is 0 Å². The van der Waals surface area contributed by atoms with Crippen molar-refractivity contribution >= 4 is 90.5 Å². The van der Waals surface area contributed by atoms with Crippen LogP contribution in [0.25, 0.3) is 157 Å². The summed E-state index contributed by atoms with van der Waals surface area (Å²) in [6, 6.07) is 82.2. The Morgan fingerprint density at radius 1 is 0.195 bits per heavy atom. The summed E-state index contributed by atoms with van der Waals surface area (Å²) in [6.07, 6.45) is 8.68. The average molecular weight is 1050 g/mol. The molecule has 384 valence electrons. The molecule has 0 radical (unpaired) electrons. The van der Waals surface area contributed by atoms with Crippen molar-refractivity contribution in [3.8, 4) is 66.8 Å². The van der Waals surface area contributed by atoms with Crippen molar-refractivity contribution in [2.75, 3.05) is 0 Å². The number of hydrogen-bond acceptors (Lipinski definition) is 2. The zero-order chi connectivity index (χ0) is 53.8. The minimum absolute atomic E-state index is 0.863. The molecular weight excluding hydrogens is 1000 g/mol. The van der Waals surface area contributed by atoms with Gasteiger partial charge in [-0.3, -0.25) is 0 Å². The van der Waals surface area contributed by atoms with Gasteiger partial charge in [0.25, 0.3) is 0 Å². The lowest BCUT2D eigenvalue weighted by molar-refractivity contribution is 1.32. The number of aromatic amines is 6. The molecule has 82 heavy (non-hydrogen) atoms. The highest BCUT2D eigenvalue weighted by Gasteiger charge is 2.22. The first-order valence-electron chi connectivity index (χ1n) is 27.8. The smallest absolute Gasteiger partial charge is 0.0737 e. The van der Waals surface area contributed by atoms with Crippen LogP contribution in [0.2, 0.25) is 0 Å². The summed E-state index contributed by atoms with van der Waals surface area (Å²) in [6.45, 7) is 0. The Hall–Kier alpha value is -11.2. The van der Waals surface area contributed by atoms with Gasteiger partial charge in [0.1, 0.15) is 0 Å². The minimum Gasteiger partial charge on any atom is -0.354 e. The second-order valence-electron chi connectivity index (χ2n) is 21.3. The van der Waals surface area contributed by atoms with E-state index in [1.54, 1.807) is 0 Å². The Morgan fingerprint density at radius 3 is 0.659 bits per heavy atom. The van der Waals surface area contributed by atoms with Gasteiger partial charge in [0.15, 0.2) is 0 Å². The summed E-state index contributed by atoms with van der Waals surface area (Å²) in [5.41, 5.74) is 27.5. The van der Waals surface area contributed by atoms with E-state index < -0.39 is 0 Å². The van der Waals surface area contributed by atoms with Gasteiger partial charge in [-0.2, -0.15) is 0 Å². The van der Waals surface area contributed by atoms with Gasteiger partial charge >= 0.3 is 0 Å². The number of nitrogens with zero attached hydrogens (tertiary/aromatic N) is 2. The first kappa shape index (κ1) is 45.8. The lowest BCUT2D eigenvalue weighted by Gasteiger charge is -2.05. The molecule has 16 bridgehead atoms. The van der Waals surface area contributed by atoms with Gasteiger partial charge in [-0.25, -0.2) is 9.97 Å². The molecule has 3 aliphatic rings. The van der Waals surface area contributed by atoms with E-state index in [2.05, 4.69) is 285 Å². The Balaban J connectivity index is 1.16. The topological polar surface area (TPSA) is 121 Å². The standard InChI is InChI=1S/C74H48N8/c1-7-19-43(20-8-1)65-53-31-35-57(75-53)67(45-23-11-3-12-24-45)61-39-49-51-41-63-69(47-27-15-5-16-28-47)59-37-33-55(77-59)66(44-21-9-2-10-22-44)56-34-38-60(78-56)70(48-29-17-6-18-30-48)64-42-52(74(82-64)73(51)81-63)50-40-62(80-72(50)71(49)79-61)68(46-25-13-4-14-26-46)58-36-32-54(65)76-58/h1-42,75,77,79-82H. The average Bonchev–Trinajstić information content (AvgIpc) is 4.36. The van der Waals surface area contributed by atoms with E-state index in [0.29, 0.717) is 0 Å². The molecular formula is C74H48N8. The zero-order valence-corrected chi connectivity index (χ0v) is 44.1. The highest BCUT2D eigenvalue weighted by molar-refractivity contribution is 6.04. The molecule has 0 atom stereocenters. The molecule has 0 amide bonds. The second-order valence-corrected chi connectivity index (χ2v) is 21.3. The third kappa shape index (κ3) is 7.25. The normalized spacial score (nSPS) is 12.3. The molecule has 8 aromatic heterocycles. The van der Waals surface area contributed by atoms with Crippen molar-refractivity contribution in [3.63, 3.8) is 0 Å². The van der Waals surface area contributed by atoms with Crippen LogP contribution in [0, 0.1) is 20.9 Å². The summed E-state index contributed by atoms with van der Waals surface area (Å²) >= 11 is 0. The predicted molar refractivity (Wildman–Crippen MR) is 338 cm³/mol. The van der Waals surface area contributed by atoms with Gasteiger partial charge in [0.2, 0.25) is 0 Å². The van der Waals surface area contributed by atoms with Crippen LogP contribution >= 0.6 is 0 Å².